The third kappa shape index (κ3) is 5.23. The average molecular weight is 568 g/mol. The molecule has 4 bridgehead atoms. The molecule has 4 aliphatic carbocycles. The van der Waals surface area contributed by atoms with Crippen LogP contribution in [0, 0.1) is 23.7 Å². The number of aliphatic carboxylic acids is 1. The number of unbranched alkanes of at least 4 members (excludes halogenated alkanes) is 1. The first-order valence-corrected chi connectivity index (χ1v) is 15.0. The first-order valence-electron chi connectivity index (χ1n) is 13.8. The third-order valence-electron chi connectivity index (χ3n) is 8.90. The van der Waals surface area contributed by atoms with Gasteiger partial charge in [-0.1, -0.05) is 24.0 Å². The number of hydrogen-bond donors (Lipinski definition) is 2. The van der Waals surface area contributed by atoms with Crippen molar-refractivity contribution < 1.29 is 29.0 Å². The summed E-state index contributed by atoms with van der Waals surface area (Å²) in [5.41, 5.74) is 1.54. The van der Waals surface area contributed by atoms with Gasteiger partial charge < -0.3 is 19.4 Å². The van der Waals surface area contributed by atoms with Crippen LogP contribution in [-0.2, 0) is 16.0 Å². The highest BCUT2D eigenvalue weighted by Crippen LogP contribution is 2.56. The van der Waals surface area contributed by atoms with Gasteiger partial charge in [0.2, 0.25) is 0 Å². The number of rotatable bonds is 9. The first kappa shape index (κ1) is 26.4. The number of aromatic hydroxyl groups is 1. The maximum Gasteiger partial charge on any atom is 0.303 e. The lowest BCUT2D eigenvalue weighted by Gasteiger charge is -2.56. The summed E-state index contributed by atoms with van der Waals surface area (Å²) in [6.45, 7) is 0. The van der Waals surface area contributed by atoms with Gasteiger partial charge in [0.1, 0.15) is 27.3 Å². The molecule has 39 heavy (non-hydrogen) atoms. The van der Waals surface area contributed by atoms with Crippen LogP contribution in [0.1, 0.15) is 62.7 Å². The Morgan fingerprint density at radius 2 is 1.85 bits per heavy atom. The number of nitrogens with zero attached hydrogens (tertiary/aromatic N) is 1. The van der Waals surface area contributed by atoms with E-state index < -0.39 is 5.97 Å². The molecule has 0 unspecified atom stereocenters. The second-order valence-electron chi connectivity index (χ2n) is 11.5. The summed E-state index contributed by atoms with van der Waals surface area (Å²) in [7, 11) is 1.53. The standard InChI is InChI=1S/C30H33NO6S2/c1-36-23-12-19(11-22(32)14-23)24-13-18(4-2-3-5-27(33)34)25(37-24)15-26-29(35)31(30(38)39-26)28-20-7-16-6-17(9-20)10-21(28)8-16/h11-17,20-21,28,32H,2-10H2,1H3,(H,33,34). The summed E-state index contributed by atoms with van der Waals surface area (Å²) in [5, 5.41) is 19.2. The lowest BCUT2D eigenvalue weighted by atomic mass is 9.54. The smallest absolute Gasteiger partial charge is 0.303 e. The number of aryl methyl sites for hydroxylation is 1. The molecule has 2 N–H and O–H groups in total. The number of carbonyl (C=O) groups is 2. The minimum atomic E-state index is -0.816. The van der Waals surface area contributed by atoms with Gasteiger partial charge >= 0.3 is 5.97 Å². The molecule has 206 valence electrons. The van der Waals surface area contributed by atoms with Gasteiger partial charge in [0.25, 0.3) is 5.91 Å². The van der Waals surface area contributed by atoms with Crippen molar-refractivity contribution in [2.24, 2.45) is 23.7 Å². The fraction of sp³-hybridized carbons (Fsp3) is 0.500. The van der Waals surface area contributed by atoms with Gasteiger partial charge in [-0.3, -0.25) is 14.5 Å². The Morgan fingerprint density at radius 1 is 1.13 bits per heavy atom. The second-order valence-corrected chi connectivity index (χ2v) is 13.2. The number of ether oxygens (including phenoxy) is 1. The molecule has 0 atom stereocenters. The highest BCUT2D eigenvalue weighted by molar-refractivity contribution is 8.26. The van der Waals surface area contributed by atoms with E-state index in [4.69, 9.17) is 26.5 Å². The van der Waals surface area contributed by atoms with Crippen molar-refractivity contribution in [1.29, 1.82) is 0 Å². The Hall–Kier alpha value is -2.78. The quantitative estimate of drug-likeness (QED) is 0.202. The molecule has 7 nitrogen and oxygen atoms in total. The number of amides is 1. The molecule has 2 aromatic rings. The van der Waals surface area contributed by atoms with Crippen LogP contribution in [0.4, 0.5) is 0 Å². The zero-order chi connectivity index (χ0) is 27.3. The molecule has 5 fully saturated rings. The minimum absolute atomic E-state index is 0.0312. The van der Waals surface area contributed by atoms with E-state index in [-0.39, 0.29) is 24.1 Å². The largest absolute Gasteiger partial charge is 0.508 e. The van der Waals surface area contributed by atoms with Gasteiger partial charge in [-0.05, 0) is 98.8 Å². The number of hydrogen-bond acceptors (Lipinski definition) is 7. The van der Waals surface area contributed by atoms with E-state index in [0.29, 0.717) is 63.2 Å². The summed E-state index contributed by atoms with van der Waals surface area (Å²) in [6, 6.07) is 7.02. The number of furan rings is 1. The van der Waals surface area contributed by atoms with E-state index in [1.54, 1.807) is 18.2 Å². The van der Waals surface area contributed by atoms with Crippen LogP contribution in [0.25, 0.3) is 17.4 Å². The monoisotopic (exact) mass is 567 g/mol. The minimum Gasteiger partial charge on any atom is -0.508 e. The zero-order valence-corrected chi connectivity index (χ0v) is 23.6. The SMILES string of the molecule is COc1cc(O)cc(-c2cc(CCCCC(=O)O)c(C=C3SC(=S)N(C4C5CC6CC(C5)CC4C6)C3=O)o2)c1. The van der Waals surface area contributed by atoms with Crippen molar-refractivity contribution in [2.75, 3.05) is 7.11 Å². The maximum absolute atomic E-state index is 13.8. The molecular formula is C30H33NO6S2. The summed E-state index contributed by atoms with van der Waals surface area (Å²) < 4.78 is 12.2. The Labute approximate surface area is 237 Å². The molecule has 1 aliphatic heterocycles. The van der Waals surface area contributed by atoms with Crippen LogP contribution in [0.15, 0.2) is 33.6 Å². The maximum atomic E-state index is 13.8. The molecule has 1 aromatic carbocycles. The molecule has 0 spiro atoms. The van der Waals surface area contributed by atoms with E-state index in [1.807, 2.05) is 11.0 Å². The number of phenols is 1. The number of benzene rings is 1. The van der Waals surface area contributed by atoms with Crippen LogP contribution in [-0.4, -0.2) is 44.5 Å². The van der Waals surface area contributed by atoms with Gasteiger partial charge in [-0.25, -0.2) is 0 Å². The first-order chi connectivity index (χ1) is 18.8. The molecular weight excluding hydrogens is 534 g/mol. The predicted octanol–water partition coefficient (Wildman–Crippen LogP) is 6.48. The normalized spacial score (nSPS) is 28.6. The molecule has 1 saturated heterocycles. The van der Waals surface area contributed by atoms with Crippen LogP contribution in [0.3, 0.4) is 0 Å². The van der Waals surface area contributed by atoms with E-state index in [9.17, 15) is 14.7 Å². The Balaban J connectivity index is 1.29. The molecule has 5 aliphatic rings. The predicted molar refractivity (Wildman–Crippen MR) is 153 cm³/mol. The topological polar surface area (TPSA) is 100 Å². The second kappa shape index (κ2) is 10.7. The van der Waals surface area contributed by atoms with Crippen molar-refractivity contribution in [3.63, 3.8) is 0 Å². The van der Waals surface area contributed by atoms with Gasteiger partial charge in [0, 0.05) is 30.2 Å². The summed E-state index contributed by atoms with van der Waals surface area (Å²) in [5.74, 6) is 3.54. The summed E-state index contributed by atoms with van der Waals surface area (Å²) in [4.78, 5) is 27.3. The molecule has 0 radical (unpaired) electrons. The Bertz CT molecular complexity index is 1320. The van der Waals surface area contributed by atoms with Gasteiger partial charge in [0.05, 0.1) is 12.0 Å². The molecule has 2 heterocycles. The lowest BCUT2D eigenvalue weighted by Crippen LogP contribution is -2.57. The van der Waals surface area contributed by atoms with Crippen molar-refractivity contribution in [3.05, 3.63) is 40.5 Å². The number of carboxylic acids is 1. The number of thiocarbonyl (C=S) groups is 1. The Kier molecular flexibility index (Phi) is 7.22. The molecule has 1 amide bonds. The van der Waals surface area contributed by atoms with Crippen molar-refractivity contribution in [1.82, 2.24) is 4.90 Å². The third-order valence-corrected chi connectivity index (χ3v) is 10.2. The molecule has 7 rings (SSSR count). The summed E-state index contributed by atoms with van der Waals surface area (Å²) in [6.07, 6.45) is 9.93. The zero-order valence-electron chi connectivity index (χ0n) is 21.9. The number of thioether (sulfide) groups is 1. The molecule has 1 aromatic heterocycles. The van der Waals surface area contributed by atoms with Crippen LogP contribution < -0.4 is 4.74 Å². The average Bonchev–Trinajstić information content (AvgIpc) is 3.41. The highest BCUT2D eigenvalue weighted by Gasteiger charge is 2.53. The number of phenolic OH excluding ortho intramolecular Hbond substituents is 1. The molecule has 4 saturated carbocycles. The van der Waals surface area contributed by atoms with Crippen LogP contribution >= 0.6 is 24.0 Å². The number of carbonyl (C=O) groups excluding carboxylic acids is 1. The van der Waals surface area contributed by atoms with Gasteiger partial charge in [-0.2, -0.15) is 0 Å². The van der Waals surface area contributed by atoms with Crippen LogP contribution in [0.2, 0.25) is 0 Å². The van der Waals surface area contributed by atoms with E-state index >= 15 is 0 Å². The highest BCUT2D eigenvalue weighted by atomic mass is 32.2. The number of methoxy groups -OCH3 is 1. The van der Waals surface area contributed by atoms with Gasteiger partial charge in [0.15, 0.2) is 0 Å². The fourth-order valence-corrected chi connectivity index (χ4v) is 8.83. The van der Waals surface area contributed by atoms with Crippen molar-refractivity contribution in [2.45, 2.75) is 63.8 Å². The Morgan fingerprint density at radius 3 is 2.51 bits per heavy atom. The summed E-state index contributed by atoms with van der Waals surface area (Å²) >= 11 is 7.12. The van der Waals surface area contributed by atoms with E-state index in [0.717, 1.165) is 17.4 Å². The van der Waals surface area contributed by atoms with Crippen molar-refractivity contribution >= 4 is 46.3 Å². The van der Waals surface area contributed by atoms with Gasteiger partial charge in [-0.15, -0.1) is 0 Å². The fourth-order valence-electron chi connectivity index (χ4n) is 7.51. The van der Waals surface area contributed by atoms with E-state index in [2.05, 4.69) is 0 Å². The molecule has 9 heteroatoms. The van der Waals surface area contributed by atoms with Crippen molar-refractivity contribution in [3.8, 4) is 22.8 Å². The van der Waals surface area contributed by atoms with Crippen LogP contribution in [0.5, 0.6) is 11.5 Å². The van der Waals surface area contributed by atoms with E-state index in [1.165, 1.54) is 57.0 Å². The lowest BCUT2D eigenvalue weighted by molar-refractivity contribution is -0.137. The number of carboxylic acid groups (broad SMARTS) is 1.